The van der Waals surface area contributed by atoms with E-state index in [9.17, 15) is 8.42 Å². The number of hydrogen-bond acceptors (Lipinski definition) is 2. The van der Waals surface area contributed by atoms with Crippen LogP contribution in [0.2, 0.25) is 0 Å². The highest BCUT2D eigenvalue weighted by atomic mass is 32.2. The molecule has 0 unspecified atom stereocenters. The fraction of sp³-hybridized carbons (Fsp3) is 0.538. The van der Waals surface area contributed by atoms with Gasteiger partial charge in [-0.05, 0) is 43.5 Å². The van der Waals surface area contributed by atoms with Crippen LogP contribution in [0, 0.1) is 20.8 Å². The largest absolute Gasteiger partial charge is 0.243 e. The molecule has 0 aliphatic rings. The Labute approximate surface area is 105 Å². The van der Waals surface area contributed by atoms with Gasteiger partial charge in [-0.25, -0.2) is 8.42 Å². The van der Waals surface area contributed by atoms with Gasteiger partial charge in [-0.3, -0.25) is 0 Å². The van der Waals surface area contributed by atoms with Crippen LogP contribution in [0.3, 0.4) is 0 Å². The molecule has 0 aromatic heterocycles. The minimum absolute atomic E-state index is 0.435. The average Bonchev–Trinajstić information content (AvgIpc) is 2.24. The van der Waals surface area contributed by atoms with Crippen molar-refractivity contribution in [2.75, 3.05) is 13.1 Å². The first-order valence-corrected chi connectivity index (χ1v) is 7.36. The molecule has 0 saturated heterocycles. The van der Waals surface area contributed by atoms with Crippen LogP contribution < -0.4 is 0 Å². The first kappa shape index (κ1) is 14.2. The van der Waals surface area contributed by atoms with E-state index in [4.69, 9.17) is 0 Å². The van der Waals surface area contributed by atoms with Gasteiger partial charge in [0.15, 0.2) is 0 Å². The van der Waals surface area contributed by atoms with Gasteiger partial charge >= 0.3 is 0 Å². The van der Waals surface area contributed by atoms with E-state index in [2.05, 4.69) is 0 Å². The maximum absolute atomic E-state index is 12.4. The number of benzene rings is 1. The lowest BCUT2D eigenvalue weighted by atomic mass is 10.1. The highest BCUT2D eigenvalue weighted by molar-refractivity contribution is 7.89. The first-order valence-electron chi connectivity index (χ1n) is 5.92. The summed E-state index contributed by atoms with van der Waals surface area (Å²) >= 11 is 0. The SMILES string of the molecule is CCN(CC)S(=O)(=O)c1cc(C)c(C)cc1C. The maximum Gasteiger partial charge on any atom is 0.243 e. The van der Waals surface area contributed by atoms with E-state index in [0.29, 0.717) is 18.0 Å². The van der Waals surface area contributed by atoms with Crippen molar-refractivity contribution in [1.82, 2.24) is 4.31 Å². The molecular formula is C13H21NO2S. The van der Waals surface area contributed by atoms with E-state index in [-0.39, 0.29) is 0 Å². The molecule has 0 spiro atoms. The third-order valence-electron chi connectivity index (χ3n) is 3.11. The number of hydrogen-bond donors (Lipinski definition) is 0. The van der Waals surface area contributed by atoms with Gasteiger partial charge in [-0.2, -0.15) is 4.31 Å². The van der Waals surface area contributed by atoms with Crippen molar-refractivity contribution >= 4 is 10.0 Å². The Morgan fingerprint density at radius 2 is 1.41 bits per heavy atom. The standard InChI is InChI=1S/C13H21NO2S/c1-6-14(7-2)17(15,16)13-9-11(4)10(3)8-12(13)5/h8-9H,6-7H2,1-5H3. The maximum atomic E-state index is 12.4. The van der Waals surface area contributed by atoms with Crippen LogP contribution in [0.15, 0.2) is 17.0 Å². The van der Waals surface area contributed by atoms with E-state index in [1.54, 1.807) is 6.07 Å². The zero-order valence-corrected chi connectivity index (χ0v) is 12.1. The summed E-state index contributed by atoms with van der Waals surface area (Å²) in [6.45, 7) is 10.5. The molecule has 0 N–H and O–H groups in total. The number of sulfonamides is 1. The lowest BCUT2D eigenvalue weighted by Gasteiger charge is -2.20. The van der Waals surface area contributed by atoms with Crippen molar-refractivity contribution in [2.24, 2.45) is 0 Å². The van der Waals surface area contributed by atoms with E-state index in [1.165, 1.54) is 4.31 Å². The summed E-state index contributed by atoms with van der Waals surface area (Å²) in [4.78, 5) is 0.435. The monoisotopic (exact) mass is 255 g/mol. The van der Waals surface area contributed by atoms with Gasteiger partial charge in [0.2, 0.25) is 10.0 Å². The molecule has 3 nitrogen and oxygen atoms in total. The smallest absolute Gasteiger partial charge is 0.207 e. The van der Waals surface area contributed by atoms with Crippen molar-refractivity contribution in [3.05, 3.63) is 28.8 Å². The highest BCUT2D eigenvalue weighted by Gasteiger charge is 2.23. The second kappa shape index (κ2) is 5.19. The molecule has 0 atom stereocenters. The fourth-order valence-corrected chi connectivity index (χ4v) is 3.66. The Hall–Kier alpha value is -0.870. The Bertz CT molecular complexity index is 502. The summed E-state index contributed by atoms with van der Waals surface area (Å²) < 4.78 is 26.3. The molecule has 1 rings (SSSR count). The lowest BCUT2D eigenvalue weighted by Crippen LogP contribution is -2.31. The Kier molecular flexibility index (Phi) is 4.33. The molecule has 0 heterocycles. The van der Waals surface area contributed by atoms with E-state index in [0.717, 1.165) is 16.7 Å². The minimum atomic E-state index is -3.34. The van der Waals surface area contributed by atoms with E-state index >= 15 is 0 Å². The van der Waals surface area contributed by atoms with Crippen LogP contribution in [0.25, 0.3) is 0 Å². The molecule has 0 bridgehead atoms. The normalized spacial score (nSPS) is 12.1. The topological polar surface area (TPSA) is 37.4 Å². The molecule has 0 aliphatic heterocycles. The molecule has 96 valence electrons. The Balaban J connectivity index is 3.38. The van der Waals surface area contributed by atoms with Gasteiger partial charge in [0.25, 0.3) is 0 Å². The summed E-state index contributed by atoms with van der Waals surface area (Å²) in [6.07, 6.45) is 0. The molecule has 0 saturated carbocycles. The molecule has 0 aliphatic carbocycles. The molecule has 0 amide bonds. The van der Waals surface area contributed by atoms with Crippen LogP contribution in [-0.4, -0.2) is 25.8 Å². The molecule has 1 aromatic carbocycles. The predicted octanol–water partition coefficient (Wildman–Crippen LogP) is 2.64. The zero-order chi connectivity index (χ0) is 13.2. The number of rotatable bonds is 4. The number of aryl methyl sites for hydroxylation is 3. The average molecular weight is 255 g/mol. The van der Waals surface area contributed by atoms with Crippen molar-refractivity contribution in [3.63, 3.8) is 0 Å². The minimum Gasteiger partial charge on any atom is -0.207 e. The van der Waals surface area contributed by atoms with Crippen LogP contribution >= 0.6 is 0 Å². The van der Waals surface area contributed by atoms with Gasteiger partial charge in [0.05, 0.1) is 4.90 Å². The second-order valence-corrected chi connectivity index (χ2v) is 6.20. The van der Waals surface area contributed by atoms with Crippen molar-refractivity contribution in [1.29, 1.82) is 0 Å². The van der Waals surface area contributed by atoms with E-state index in [1.807, 2.05) is 40.7 Å². The Morgan fingerprint density at radius 3 is 1.88 bits per heavy atom. The van der Waals surface area contributed by atoms with Crippen molar-refractivity contribution in [2.45, 2.75) is 39.5 Å². The van der Waals surface area contributed by atoms with Gasteiger partial charge in [-0.15, -0.1) is 0 Å². The van der Waals surface area contributed by atoms with Gasteiger partial charge in [0.1, 0.15) is 0 Å². The molecule has 4 heteroatoms. The summed E-state index contributed by atoms with van der Waals surface area (Å²) in [5.74, 6) is 0. The Morgan fingerprint density at radius 1 is 0.941 bits per heavy atom. The third-order valence-corrected chi connectivity index (χ3v) is 5.31. The fourth-order valence-electron chi connectivity index (χ4n) is 1.91. The molecular weight excluding hydrogens is 234 g/mol. The first-order chi connectivity index (χ1) is 7.84. The molecule has 1 aromatic rings. The highest BCUT2D eigenvalue weighted by Crippen LogP contribution is 2.23. The van der Waals surface area contributed by atoms with Crippen LogP contribution in [0.1, 0.15) is 30.5 Å². The van der Waals surface area contributed by atoms with Gasteiger partial charge in [-0.1, -0.05) is 19.9 Å². The lowest BCUT2D eigenvalue weighted by molar-refractivity contribution is 0.445. The number of nitrogens with zero attached hydrogens (tertiary/aromatic N) is 1. The molecule has 17 heavy (non-hydrogen) atoms. The molecule has 0 radical (unpaired) electrons. The predicted molar refractivity (Wildman–Crippen MR) is 70.8 cm³/mol. The summed E-state index contributed by atoms with van der Waals surface area (Å²) in [5.41, 5.74) is 2.96. The zero-order valence-electron chi connectivity index (χ0n) is 11.2. The summed E-state index contributed by atoms with van der Waals surface area (Å²) in [5, 5.41) is 0. The summed E-state index contributed by atoms with van der Waals surface area (Å²) in [7, 11) is -3.34. The second-order valence-electron chi connectivity index (χ2n) is 4.29. The summed E-state index contributed by atoms with van der Waals surface area (Å²) in [6, 6.07) is 3.71. The van der Waals surface area contributed by atoms with Gasteiger partial charge in [0, 0.05) is 13.1 Å². The van der Waals surface area contributed by atoms with Crippen LogP contribution in [-0.2, 0) is 10.0 Å². The van der Waals surface area contributed by atoms with E-state index < -0.39 is 10.0 Å². The van der Waals surface area contributed by atoms with Crippen LogP contribution in [0.5, 0.6) is 0 Å². The van der Waals surface area contributed by atoms with Crippen LogP contribution in [0.4, 0.5) is 0 Å². The van der Waals surface area contributed by atoms with Crippen molar-refractivity contribution in [3.8, 4) is 0 Å². The van der Waals surface area contributed by atoms with Gasteiger partial charge < -0.3 is 0 Å². The quantitative estimate of drug-likeness (QED) is 0.829. The van der Waals surface area contributed by atoms with Crippen molar-refractivity contribution < 1.29 is 8.42 Å². The molecule has 0 fully saturated rings. The third kappa shape index (κ3) is 2.69.